The fraction of sp³-hybridized carbons (Fsp3) is 0.267. The number of aliphatic hydroxyl groups excluding tert-OH is 1. The van der Waals surface area contributed by atoms with Gasteiger partial charge in [-0.2, -0.15) is 0 Å². The second-order valence-electron chi connectivity index (χ2n) is 4.96. The number of aliphatic carboxylic acids is 1. The number of carboxylic acid groups (broad SMARTS) is 1. The molecule has 0 saturated carbocycles. The number of carbonyl (C=O) groups is 1. The van der Waals surface area contributed by atoms with Crippen LogP contribution in [0.3, 0.4) is 0 Å². The molecule has 0 bridgehead atoms. The Kier molecular flexibility index (Phi) is 5.72. The number of halogens is 2. The zero-order chi connectivity index (χ0) is 16.3. The number of rotatable bonds is 5. The predicted molar refractivity (Wildman–Crippen MR) is 101 cm³/mol. The van der Waals surface area contributed by atoms with Crippen LogP contribution in [0.1, 0.15) is 12.0 Å². The van der Waals surface area contributed by atoms with Crippen LogP contribution in [-0.2, 0) is 11.2 Å². The van der Waals surface area contributed by atoms with Crippen LogP contribution in [0.5, 0.6) is 5.75 Å². The predicted octanol–water partition coefficient (Wildman–Crippen LogP) is 3.32. The van der Waals surface area contributed by atoms with E-state index in [0.29, 0.717) is 17.9 Å². The van der Waals surface area contributed by atoms with Crippen molar-refractivity contribution in [2.24, 2.45) is 5.73 Å². The molecule has 2 rings (SSSR count). The lowest BCUT2D eigenvalue weighted by atomic mass is 10.1. The molecule has 0 unspecified atom stereocenters. The second kappa shape index (κ2) is 7.18. The van der Waals surface area contributed by atoms with Crippen molar-refractivity contribution in [1.29, 1.82) is 0 Å². The van der Waals surface area contributed by atoms with Gasteiger partial charge in [-0.1, -0.05) is 57.3 Å². The van der Waals surface area contributed by atoms with Crippen molar-refractivity contribution in [3.63, 3.8) is 0 Å². The van der Waals surface area contributed by atoms with Crippen molar-refractivity contribution in [2.75, 3.05) is 0 Å². The molecule has 0 fully saturated rings. The van der Waals surface area contributed by atoms with Crippen LogP contribution in [0.15, 0.2) is 47.9 Å². The molecule has 0 aromatic heterocycles. The monoisotopic (exact) mass is 527 g/mol. The molecule has 0 spiro atoms. The summed E-state index contributed by atoms with van der Waals surface area (Å²) in [4.78, 5) is 10.7. The molecule has 1 aliphatic carbocycles. The molecule has 1 aromatic rings. The molecule has 0 saturated heterocycles. The van der Waals surface area contributed by atoms with Crippen molar-refractivity contribution in [1.82, 2.24) is 0 Å². The molecule has 118 valence electrons. The highest BCUT2D eigenvalue weighted by atomic mass is 127. The van der Waals surface area contributed by atoms with Gasteiger partial charge in [0.2, 0.25) is 0 Å². The third kappa shape index (κ3) is 4.59. The first kappa shape index (κ1) is 17.5. The second-order valence-corrected chi connectivity index (χ2v) is 10.7. The molecule has 0 amide bonds. The van der Waals surface area contributed by atoms with Gasteiger partial charge in [-0.15, -0.1) is 0 Å². The number of hydrogen-bond acceptors (Lipinski definition) is 4. The van der Waals surface area contributed by atoms with Gasteiger partial charge in [-0.3, -0.25) is 4.79 Å². The average Bonchev–Trinajstić information content (AvgIpc) is 2.44. The Morgan fingerprint density at radius 2 is 1.95 bits per heavy atom. The lowest BCUT2D eigenvalue weighted by molar-refractivity contribution is -0.138. The summed E-state index contributed by atoms with van der Waals surface area (Å²) in [5.41, 5.74) is 6.35. The third-order valence-corrected chi connectivity index (χ3v) is 5.01. The highest BCUT2D eigenvalue weighted by molar-refractivity contribution is 14.2. The summed E-state index contributed by atoms with van der Waals surface area (Å²) < 4.78 is 5.40. The molecule has 0 aliphatic heterocycles. The van der Waals surface area contributed by atoms with Gasteiger partial charge in [0, 0.05) is 6.42 Å². The summed E-state index contributed by atoms with van der Waals surface area (Å²) in [5, 5.41) is 18.6. The molecule has 22 heavy (non-hydrogen) atoms. The molecule has 1 aliphatic rings. The zero-order valence-electron chi connectivity index (χ0n) is 11.5. The molecule has 4 N–H and O–H groups in total. The van der Waals surface area contributed by atoms with E-state index in [1.165, 1.54) is 0 Å². The lowest BCUT2D eigenvalue weighted by Gasteiger charge is -2.24. The Labute approximate surface area is 155 Å². The quantitative estimate of drug-likeness (QED) is 0.404. The Balaban J connectivity index is 2.02. The Hall–Kier alpha value is -0.810. The molecule has 0 radical (unpaired) electrons. The molecular weight excluding hydrogens is 512 g/mol. The molecule has 1 atom stereocenters. The van der Waals surface area contributed by atoms with Crippen LogP contribution in [0.25, 0.3) is 0 Å². The van der Waals surface area contributed by atoms with Crippen LogP contribution >= 0.6 is 45.2 Å². The number of benzene rings is 1. The number of ether oxygens (including phenoxy) is 1. The van der Waals surface area contributed by atoms with E-state index < -0.39 is 13.4 Å². The Morgan fingerprint density at radius 3 is 2.50 bits per heavy atom. The van der Waals surface area contributed by atoms with Gasteiger partial charge in [-0.25, -0.2) is 0 Å². The smallest absolute Gasteiger partial charge is 0.320 e. The first-order chi connectivity index (χ1) is 10.3. The summed E-state index contributed by atoms with van der Waals surface area (Å²) >= 11 is 4.35. The standard InChI is InChI=1S/C15H15I2NO4/c16-15(17)8-11(5-6-13(15)19)22-10-3-1-9(2-4-10)7-12(18)14(20)21/h1-6,12,19H,7-8,18H2,(H,20,21)/t12-/m0/s1. The minimum absolute atomic E-state index is 0.277. The number of allylic oxidation sites excluding steroid dienone is 4. The SMILES string of the molecule is N[C@@H](Cc1ccc(OC2=CC=C(O)C(I)(I)C2)cc1)C(=O)O. The van der Waals surface area contributed by atoms with Crippen molar-refractivity contribution in [2.45, 2.75) is 20.3 Å². The van der Waals surface area contributed by atoms with Crippen molar-refractivity contribution in [3.8, 4) is 5.75 Å². The van der Waals surface area contributed by atoms with E-state index in [9.17, 15) is 9.90 Å². The minimum atomic E-state index is -1.01. The molecule has 1 aromatic carbocycles. The highest BCUT2D eigenvalue weighted by Crippen LogP contribution is 2.42. The van der Waals surface area contributed by atoms with Gasteiger partial charge in [0.15, 0.2) is 0 Å². The molecule has 0 heterocycles. The maximum absolute atomic E-state index is 10.7. The minimum Gasteiger partial charge on any atom is -0.510 e. The van der Waals surface area contributed by atoms with Crippen LogP contribution in [0.4, 0.5) is 0 Å². The van der Waals surface area contributed by atoms with E-state index in [2.05, 4.69) is 45.2 Å². The summed E-state index contributed by atoms with van der Waals surface area (Å²) in [6, 6.07) is 6.27. The summed E-state index contributed by atoms with van der Waals surface area (Å²) in [6.07, 6.45) is 4.25. The number of aliphatic hydroxyl groups is 1. The number of hydrogen-bond donors (Lipinski definition) is 3. The highest BCUT2D eigenvalue weighted by Gasteiger charge is 2.32. The first-order valence-electron chi connectivity index (χ1n) is 6.51. The molecule has 7 heteroatoms. The maximum atomic E-state index is 10.7. The van der Waals surface area contributed by atoms with Gasteiger partial charge in [0.1, 0.15) is 24.7 Å². The Morgan fingerprint density at radius 1 is 1.32 bits per heavy atom. The van der Waals surface area contributed by atoms with Gasteiger partial charge in [0.05, 0.1) is 0 Å². The van der Waals surface area contributed by atoms with E-state index in [0.717, 1.165) is 11.3 Å². The third-order valence-electron chi connectivity index (χ3n) is 3.14. The van der Waals surface area contributed by atoms with Crippen LogP contribution in [-0.4, -0.2) is 23.7 Å². The number of carboxylic acids is 1. The number of alkyl halides is 2. The van der Waals surface area contributed by atoms with E-state index >= 15 is 0 Å². The summed E-state index contributed by atoms with van der Waals surface area (Å²) in [7, 11) is 0. The lowest BCUT2D eigenvalue weighted by Crippen LogP contribution is -2.32. The van der Waals surface area contributed by atoms with Crippen LogP contribution in [0.2, 0.25) is 0 Å². The van der Waals surface area contributed by atoms with Crippen molar-refractivity contribution < 1.29 is 19.7 Å². The number of nitrogens with two attached hydrogens (primary N) is 1. The zero-order valence-corrected chi connectivity index (χ0v) is 15.8. The van der Waals surface area contributed by atoms with E-state index in [1.54, 1.807) is 36.4 Å². The fourth-order valence-corrected chi connectivity index (χ4v) is 3.03. The summed E-state index contributed by atoms with van der Waals surface area (Å²) in [5.74, 6) is 0.729. The van der Waals surface area contributed by atoms with Crippen molar-refractivity contribution >= 4 is 51.2 Å². The van der Waals surface area contributed by atoms with E-state index in [1.807, 2.05) is 0 Å². The molecular formula is C15H15I2NO4. The van der Waals surface area contributed by atoms with E-state index in [-0.39, 0.29) is 6.42 Å². The topological polar surface area (TPSA) is 92.8 Å². The normalized spacial score (nSPS) is 18.1. The average molecular weight is 527 g/mol. The maximum Gasteiger partial charge on any atom is 0.320 e. The van der Waals surface area contributed by atoms with Gasteiger partial charge >= 0.3 is 5.97 Å². The first-order valence-corrected chi connectivity index (χ1v) is 8.67. The Bertz CT molecular complexity index is 623. The van der Waals surface area contributed by atoms with Gasteiger partial charge < -0.3 is 20.7 Å². The van der Waals surface area contributed by atoms with Crippen LogP contribution in [0, 0.1) is 0 Å². The molecule has 5 nitrogen and oxygen atoms in total. The largest absolute Gasteiger partial charge is 0.510 e. The van der Waals surface area contributed by atoms with Gasteiger partial charge in [0.25, 0.3) is 0 Å². The van der Waals surface area contributed by atoms with E-state index in [4.69, 9.17) is 15.6 Å². The van der Waals surface area contributed by atoms with Crippen molar-refractivity contribution in [3.05, 3.63) is 53.5 Å². The van der Waals surface area contributed by atoms with Crippen LogP contribution < -0.4 is 10.5 Å². The fourth-order valence-electron chi connectivity index (χ4n) is 1.92. The summed E-state index contributed by atoms with van der Waals surface area (Å²) in [6.45, 7) is 0. The van der Waals surface area contributed by atoms with Gasteiger partial charge in [-0.05, 0) is 36.3 Å².